The molecule has 1 aromatic heterocycles. The van der Waals surface area contributed by atoms with Gasteiger partial charge in [0.25, 0.3) is 10.0 Å². The van der Waals surface area contributed by atoms with E-state index in [0.29, 0.717) is 12.8 Å². The van der Waals surface area contributed by atoms with Gasteiger partial charge in [-0.05, 0) is 38.3 Å². The number of hydrogen-bond acceptors (Lipinski definition) is 5. The number of aliphatic hydroxyl groups is 1. The normalized spacial score (nSPS) is 28.0. The van der Waals surface area contributed by atoms with Crippen LogP contribution in [0, 0.1) is 6.42 Å². The molecule has 0 spiro atoms. The molecule has 2 heterocycles. The number of nitrogens with zero attached hydrogens (tertiary/aromatic N) is 2. The topological polar surface area (TPSA) is 114 Å². The molecular weight excluding hydrogens is 294 g/mol. The Morgan fingerprint density at radius 2 is 2.19 bits per heavy atom. The molecule has 1 radical (unpaired) electrons. The molecule has 0 aromatic carbocycles. The number of aromatic nitrogens is 1. The lowest BCUT2D eigenvalue weighted by molar-refractivity contribution is -0.124. The van der Waals surface area contributed by atoms with Gasteiger partial charge in [-0.15, -0.1) is 0 Å². The Morgan fingerprint density at radius 1 is 1.48 bits per heavy atom. The van der Waals surface area contributed by atoms with Crippen molar-refractivity contribution < 1.29 is 18.3 Å². The van der Waals surface area contributed by atoms with Crippen LogP contribution in [0.4, 0.5) is 0 Å². The minimum Gasteiger partial charge on any atom is -0.391 e. The Balaban J connectivity index is 2.52. The van der Waals surface area contributed by atoms with Crippen molar-refractivity contribution >= 4 is 15.9 Å². The molecule has 1 saturated heterocycles. The monoisotopic (exact) mass is 312 g/mol. The first-order valence-electron chi connectivity index (χ1n) is 6.61. The van der Waals surface area contributed by atoms with Gasteiger partial charge < -0.3 is 10.8 Å². The molecule has 1 aliphatic heterocycles. The summed E-state index contributed by atoms with van der Waals surface area (Å²) in [7, 11) is -4.02. The van der Waals surface area contributed by atoms with Gasteiger partial charge in [-0.25, -0.2) is 13.4 Å². The van der Waals surface area contributed by atoms with Gasteiger partial charge in [0, 0.05) is 12.2 Å². The number of amides is 1. The average molecular weight is 312 g/mol. The van der Waals surface area contributed by atoms with Gasteiger partial charge >= 0.3 is 0 Å². The number of aliphatic hydroxyl groups excluding tert-OH is 1. The molecule has 3 atom stereocenters. The maximum Gasteiger partial charge on any atom is 0.261 e. The van der Waals surface area contributed by atoms with E-state index in [0.717, 1.165) is 4.31 Å². The molecule has 2 rings (SSSR count). The molecule has 0 saturated carbocycles. The van der Waals surface area contributed by atoms with Gasteiger partial charge in [-0.3, -0.25) is 4.79 Å². The predicted molar refractivity (Wildman–Crippen MR) is 75.2 cm³/mol. The SMILES string of the molecule is C[C@H]1CC[CH][C@@H](O)C(C(N)=O)N1S(=O)(=O)c1ccccn1. The molecule has 1 unspecified atom stereocenters. The van der Waals surface area contributed by atoms with E-state index in [4.69, 9.17) is 5.73 Å². The Labute approximate surface area is 123 Å². The molecule has 21 heavy (non-hydrogen) atoms. The zero-order chi connectivity index (χ0) is 15.6. The van der Waals surface area contributed by atoms with E-state index in [1.807, 2.05) is 0 Å². The van der Waals surface area contributed by atoms with Crippen LogP contribution in [0.15, 0.2) is 29.4 Å². The third-order valence-corrected chi connectivity index (χ3v) is 5.41. The van der Waals surface area contributed by atoms with Crippen molar-refractivity contribution in [3.63, 3.8) is 0 Å². The first-order chi connectivity index (χ1) is 9.85. The minimum atomic E-state index is -4.02. The van der Waals surface area contributed by atoms with Crippen LogP contribution < -0.4 is 5.73 Å². The van der Waals surface area contributed by atoms with E-state index in [1.165, 1.54) is 18.7 Å². The smallest absolute Gasteiger partial charge is 0.261 e. The Morgan fingerprint density at radius 3 is 2.76 bits per heavy atom. The van der Waals surface area contributed by atoms with Gasteiger partial charge in [-0.2, -0.15) is 4.31 Å². The summed E-state index contributed by atoms with van der Waals surface area (Å²) in [6, 6.07) is 2.70. The van der Waals surface area contributed by atoms with Crippen LogP contribution in [-0.2, 0) is 14.8 Å². The van der Waals surface area contributed by atoms with Crippen LogP contribution in [0.1, 0.15) is 19.8 Å². The maximum atomic E-state index is 12.7. The summed E-state index contributed by atoms with van der Waals surface area (Å²) in [5.41, 5.74) is 5.31. The third-order valence-electron chi connectivity index (χ3n) is 3.50. The predicted octanol–water partition coefficient (Wildman–Crippen LogP) is -0.326. The molecule has 8 heteroatoms. The summed E-state index contributed by atoms with van der Waals surface area (Å²) in [4.78, 5) is 15.5. The quantitative estimate of drug-likeness (QED) is 0.793. The second kappa shape index (κ2) is 6.08. The van der Waals surface area contributed by atoms with Crippen molar-refractivity contribution in [3.05, 3.63) is 30.8 Å². The van der Waals surface area contributed by atoms with E-state index in [-0.39, 0.29) is 5.03 Å². The fourth-order valence-electron chi connectivity index (χ4n) is 2.48. The Kier molecular flexibility index (Phi) is 4.60. The van der Waals surface area contributed by atoms with Crippen molar-refractivity contribution in [3.8, 4) is 0 Å². The highest BCUT2D eigenvalue weighted by atomic mass is 32.2. The van der Waals surface area contributed by atoms with Crippen molar-refractivity contribution in [1.29, 1.82) is 0 Å². The lowest BCUT2D eigenvalue weighted by atomic mass is 10.1. The number of carbonyl (C=O) groups excluding carboxylic acids is 1. The lowest BCUT2D eigenvalue weighted by Gasteiger charge is -2.32. The highest BCUT2D eigenvalue weighted by Crippen LogP contribution is 2.27. The van der Waals surface area contributed by atoms with E-state index >= 15 is 0 Å². The van der Waals surface area contributed by atoms with Crippen molar-refractivity contribution in [2.24, 2.45) is 5.73 Å². The van der Waals surface area contributed by atoms with E-state index in [1.54, 1.807) is 19.1 Å². The van der Waals surface area contributed by atoms with Gasteiger partial charge in [0.05, 0.1) is 6.10 Å². The van der Waals surface area contributed by atoms with E-state index in [9.17, 15) is 18.3 Å². The summed E-state index contributed by atoms with van der Waals surface area (Å²) < 4.78 is 26.5. The molecule has 7 nitrogen and oxygen atoms in total. The Hall–Kier alpha value is -1.51. The number of primary amides is 1. The number of pyridine rings is 1. The summed E-state index contributed by atoms with van der Waals surface area (Å²) in [6.07, 6.45) is 2.63. The maximum absolute atomic E-state index is 12.7. The van der Waals surface area contributed by atoms with Crippen LogP contribution >= 0.6 is 0 Å². The second-order valence-corrected chi connectivity index (χ2v) is 6.79. The molecular formula is C13H18N3O4S. The van der Waals surface area contributed by atoms with Crippen LogP contribution in [0.5, 0.6) is 0 Å². The number of hydrogen-bond donors (Lipinski definition) is 2. The standard InChI is InChI=1S/C13H18N3O4S/c1-9-5-4-6-10(17)12(13(14)18)16(9)21(19,20)11-7-2-3-8-15-11/h2-3,6-10,12,17H,4-5H2,1H3,(H2,14,18)/t9-,10+,12?/m0/s1. The van der Waals surface area contributed by atoms with Crippen LogP contribution in [0.2, 0.25) is 0 Å². The zero-order valence-corrected chi connectivity index (χ0v) is 12.4. The molecule has 1 amide bonds. The second-order valence-electron chi connectivity index (χ2n) is 5.00. The van der Waals surface area contributed by atoms with Crippen LogP contribution in [0.25, 0.3) is 0 Å². The van der Waals surface area contributed by atoms with Gasteiger partial charge in [0.15, 0.2) is 5.03 Å². The van der Waals surface area contributed by atoms with E-state index < -0.39 is 34.1 Å². The fraction of sp³-hybridized carbons (Fsp3) is 0.462. The van der Waals surface area contributed by atoms with Crippen molar-refractivity contribution in [2.75, 3.05) is 0 Å². The summed E-state index contributed by atoms with van der Waals surface area (Å²) in [5.74, 6) is -0.882. The number of carbonyl (C=O) groups is 1. The first kappa shape index (κ1) is 15.9. The zero-order valence-electron chi connectivity index (χ0n) is 11.6. The molecule has 0 aliphatic carbocycles. The molecule has 3 N–H and O–H groups in total. The highest BCUT2D eigenvalue weighted by Gasteiger charge is 2.44. The third kappa shape index (κ3) is 3.07. The number of nitrogens with two attached hydrogens (primary N) is 1. The molecule has 1 aliphatic rings. The van der Waals surface area contributed by atoms with Gasteiger partial charge in [0.1, 0.15) is 6.04 Å². The first-order valence-corrected chi connectivity index (χ1v) is 8.05. The summed E-state index contributed by atoms with van der Waals surface area (Å²) in [6.45, 7) is 1.68. The molecule has 0 bridgehead atoms. The van der Waals surface area contributed by atoms with Crippen LogP contribution in [0.3, 0.4) is 0 Å². The largest absolute Gasteiger partial charge is 0.391 e. The van der Waals surface area contributed by atoms with Crippen molar-refractivity contribution in [1.82, 2.24) is 9.29 Å². The molecule has 1 aromatic rings. The highest BCUT2D eigenvalue weighted by molar-refractivity contribution is 7.89. The van der Waals surface area contributed by atoms with Crippen LogP contribution in [-0.4, -0.2) is 46.9 Å². The van der Waals surface area contributed by atoms with E-state index in [2.05, 4.69) is 4.98 Å². The number of sulfonamides is 1. The summed E-state index contributed by atoms with van der Waals surface area (Å²) in [5, 5.41) is 9.87. The Bertz CT molecular complexity index is 605. The fourth-order valence-corrected chi connectivity index (χ4v) is 4.24. The van der Waals surface area contributed by atoms with Gasteiger partial charge in [0.2, 0.25) is 5.91 Å². The molecule has 115 valence electrons. The van der Waals surface area contributed by atoms with Gasteiger partial charge in [-0.1, -0.05) is 6.07 Å². The lowest BCUT2D eigenvalue weighted by Crippen LogP contribution is -2.56. The van der Waals surface area contributed by atoms with Crippen molar-refractivity contribution in [2.45, 2.75) is 43.0 Å². The molecule has 1 fully saturated rings. The number of rotatable bonds is 3. The summed E-state index contributed by atoms with van der Waals surface area (Å²) >= 11 is 0. The minimum absolute atomic E-state index is 0.169. The average Bonchev–Trinajstić information content (AvgIpc) is 2.59.